The molecule has 1 N–H and O–H groups in total. The molecule has 16 heavy (non-hydrogen) atoms. The molecule has 1 aliphatic heterocycles. The van der Waals surface area contributed by atoms with Crippen molar-refractivity contribution in [2.45, 2.75) is 6.92 Å². The summed E-state index contributed by atoms with van der Waals surface area (Å²) in [6.45, 7) is 5.10. The smallest absolute Gasteiger partial charge is 0.128 e. The molecule has 1 aromatic carbocycles. The van der Waals surface area contributed by atoms with Crippen LogP contribution in [-0.4, -0.2) is 37.0 Å². The molecule has 1 aliphatic rings. The summed E-state index contributed by atoms with van der Waals surface area (Å²) in [6, 6.07) is 6.04. The molecule has 1 heterocycles. The number of hydrogen-bond acceptors (Lipinski definition) is 2. The van der Waals surface area contributed by atoms with E-state index in [1.165, 1.54) is 5.56 Å². The number of amidine groups is 1. The molecule has 0 amide bonds. The lowest BCUT2D eigenvalue weighted by Gasteiger charge is -2.29. The number of aryl methyl sites for hydroxylation is 1. The number of nitrogens with one attached hydrogen (secondary N) is 1. The van der Waals surface area contributed by atoms with E-state index in [1.807, 2.05) is 25.1 Å². The molecule has 0 unspecified atom stereocenters. The molecular weight excluding hydrogens is 268 g/mol. The lowest BCUT2D eigenvalue weighted by molar-refractivity contribution is 0.0680. The van der Waals surface area contributed by atoms with Gasteiger partial charge in [0.25, 0.3) is 0 Å². The Kier molecular flexibility index (Phi) is 3.61. The van der Waals surface area contributed by atoms with E-state index in [0.717, 1.165) is 36.3 Å². The van der Waals surface area contributed by atoms with Crippen molar-refractivity contribution < 1.29 is 4.74 Å². The third kappa shape index (κ3) is 2.44. The van der Waals surface area contributed by atoms with Gasteiger partial charge >= 0.3 is 0 Å². The van der Waals surface area contributed by atoms with Crippen LogP contribution in [0.3, 0.4) is 0 Å². The zero-order valence-electron chi connectivity index (χ0n) is 9.29. The number of hydrogen-bond donors (Lipinski definition) is 1. The van der Waals surface area contributed by atoms with Crippen molar-refractivity contribution in [3.05, 3.63) is 33.8 Å². The third-order valence-corrected chi connectivity index (χ3v) is 3.63. The molecule has 86 valence electrons. The van der Waals surface area contributed by atoms with Gasteiger partial charge in [0.2, 0.25) is 0 Å². The first-order chi connectivity index (χ1) is 7.68. The van der Waals surface area contributed by atoms with Gasteiger partial charge in [-0.05, 0) is 18.6 Å². The van der Waals surface area contributed by atoms with Crippen molar-refractivity contribution in [3.8, 4) is 0 Å². The molecule has 2 rings (SSSR count). The van der Waals surface area contributed by atoms with Gasteiger partial charge in [0.15, 0.2) is 0 Å². The molecular formula is C12H15BrN2O. The Balaban J connectivity index is 2.16. The van der Waals surface area contributed by atoms with E-state index in [4.69, 9.17) is 10.1 Å². The number of ether oxygens (including phenoxy) is 1. The summed E-state index contributed by atoms with van der Waals surface area (Å²) in [5, 5.41) is 8.14. The fraction of sp³-hybridized carbons (Fsp3) is 0.417. The van der Waals surface area contributed by atoms with Crippen LogP contribution in [0.4, 0.5) is 0 Å². The van der Waals surface area contributed by atoms with Gasteiger partial charge in [0, 0.05) is 23.1 Å². The summed E-state index contributed by atoms with van der Waals surface area (Å²) in [5.74, 6) is 0.587. The molecule has 0 spiro atoms. The van der Waals surface area contributed by atoms with Gasteiger partial charge in [-0.15, -0.1) is 0 Å². The van der Waals surface area contributed by atoms with E-state index in [-0.39, 0.29) is 0 Å². The van der Waals surface area contributed by atoms with Crippen molar-refractivity contribution in [3.63, 3.8) is 0 Å². The van der Waals surface area contributed by atoms with Crippen LogP contribution in [0.25, 0.3) is 0 Å². The first-order valence-electron chi connectivity index (χ1n) is 5.36. The molecule has 4 heteroatoms. The predicted molar refractivity (Wildman–Crippen MR) is 68.1 cm³/mol. The fourth-order valence-corrected chi connectivity index (χ4v) is 2.09. The van der Waals surface area contributed by atoms with E-state index < -0.39 is 0 Å². The Bertz CT molecular complexity index is 400. The van der Waals surface area contributed by atoms with E-state index in [9.17, 15) is 0 Å². The molecule has 1 fully saturated rings. The maximum atomic E-state index is 8.14. The molecule has 3 nitrogen and oxygen atoms in total. The van der Waals surface area contributed by atoms with Gasteiger partial charge in [-0.25, -0.2) is 0 Å². The first-order valence-corrected chi connectivity index (χ1v) is 6.15. The number of halogens is 1. The normalized spacial score (nSPS) is 16.2. The maximum absolute atomic E-state index is 8.14. The fourth-order valence-electron chi connectivity index (χ4n) is 1.71. The Hall–Kier alpha value is -0.870. The van der Waals surface area contributed by atoms with Crippen LogP contribution in [0.5, 0.6) is 0 Å². The second kappa shape index (κ2) is 4.97. The second-order valence-corrected chi connectivity index (χ2v) is 4.77. The number of benzene rings is 1. The third-order valence-electron chi connectivity index (χ3n) is 2.77. The molecule has 1 aromatic rings. The van der Waals surface area contributed by atoms with Crippen LogP contribution in [0.1, 0.15) is 11.1 Å². The number of nitrogens with zero attached hydrogens (tertiary/aromatic N) is 1. The molecule has 0 aliphatic carbocycles. The zero-order chi connectivity index (χ0) is 11.5. The highest BCUT2D eigenvalue weighted by molar-refractivity contribution is 9.10. The SMILES string of the molecule is Cc1ccc(C(=N)N2CCOCC2)cc1Br. The number of rotatable bonds is 1. The molecule has 0 aromatic heterocycles. The van der Waals surface area contributed by atoms with Crippen molar-refractivity contribution in [1.82, 2.24) is 4.90 Å². The molecule has 0 saturated carbocycles. The van der Waals surface area contributed by atoms with Crippen LogP contribution in [0.15, 0.2) is 22.7 Å². The molecule has 0 atom stereocenters. The average Bonchev–Trinajstić information content (AvgIpc) is 2.33. The molecule has 0 radical (unpaired) electrons. The first kappa shape index (κ1) is 11.6. The monoisotopic (exact) mass is 282 g/mol. The Labute approximate surface area is 104 Å². The lowest BCUT2D eigenvalue weighted by atomic mass is 10.1. The maximum Gasteiger partial charge on any atom is 0.128 e. The van der Waals surface area contributed by atoms with Crippen LogP contribution < -0.4 is 0 Å². The van der Waals surface area contributed by atoms with Gasteiger partial charge < -0.3 is 9.64 Å². The van der Waals surface area contributed by atoms with Crippen LogP contribution in [0, 0.1) is 12.3 Å². The van der Waals surface area contributed by atoms with Gasteiger partial charge in [-0.1, -0.05) is 28.1 Å². The van der Waals surface area contributed by atoms with Crippen LogP contribution in [0.2, 0.25) is 0 Å². The van der Waals surface area contributed by atoms with Crippen LogP contribution >= 0.6 is 15.9 Å². The summed E-state index contributed by atoms with van der Waals surface area (Å²) in [7, 11) is 0. The van der Waals surface area contributed by atoms with Gasteiger partial charge in [-0.3, -0.25) is 5.41 Å². The van der Waals surface area contributed by atoms with Gasteiger partial charge in [0.1, 0.15) is 5.84 Å². The minimum absolute atomic E-state index is 0.587. The Morgan fingerprint density at radius 2 is 2.06 bits per heavy atom. The zero-order valence-corrected chi connectivity index (χ0v) is 10.9. The van der Waals surface area contributed by atoms with Gasteiger partial charge in [-0.2, -0.15) is 0 Å². The van der Waals surface area contributed by atoms with E-state index in [1.54, 1.807) is 0 Å². The van der Waals surface area contributed by atoms with Crippen molar-refractivity contribution in [2.24, 2.45) is 0 Å². The second-order valence-electron chi connectivity index (χ2n) is 3.91. The van der Waals surface area contributed by atoms with Crippen molar-refractivity contribution in [2.75, 3.05) is 26.3 Å². The summed E-state index contributed by atoms with van der Waals surface area (Å²) in [6.07, 6.45) is 0. The van der Waals surface area contributed by atoms with E-state index in [2.05, 4.69) is 20.8 Å². The minimum Gasteiger partial charge on any atom is -0.378 e. The molecule has 1 saturated heterocycles. The standard InChI is InChI=1S/C12H15BrN2O/c1-9-2-3-10(8-11(9)13)12(14)15-4-6-16-7-5-15/h2-3,8,14H,4-7H2,1H3. The van der Waals surface area contributed by atoms with E-state index >= 15 is 0 Å². The van der Waals surface area contributed by atoms with Gasteiger partial charge in [0.05, 0.1) is 13.2 Å². The Morgan fingerprint density at radius 1 is 1.38 bits per heavy atom. The largest absolute Gasteiger partial charge is 0.378 e. The Morgan fingerprint density at radius 3 is 2.69 bits per heavy atom. The number of morpholine rings is 1. The summed E-state index contributed by atoms with van der Waals surface area (Å²) in [4.78, 5) is 2.06. The summed E-state index contributed by atoms with van der Waals surface area (Å²) < 4.78 is 6.34. The summed E-state index contributed by atoms with van der Waals surface area (Å²) in [5.41, 5.74) is 2.15. The van der Waals surface area contributed by atoms with Crippen molar-refractivity contribution in [1.29, 1.82) is 5.41 Å². The average molecular weight is 283 g/mol. The summed E-state index contributed by atoms with van der Waals surface area (Å²) >= 11 is 3.50. The van der Waals surface area contributed by atoms with Crippen molar-refractivity contribution >= 4 is 21.8 Å². The highest BCUT2D eigenvalue weighted by Gasteiger charge is 2.15. The minimum atomic E-state index is 0.587. The highest BCUT2D eigenvalue weighted by Crippen LogP contribution is 2.18. The predicted octanol–water partition coefficient (Wildman–Crippen LogP) is 2.42. The lowest BCUT2D eigenvalue weighted by Crippen LogP contribution is -2.40. The highest BCUT2D eigenvalue weighted by atomic mass is 79.9. The topological polar surface area (TPSA) is 36.3 Å². The van der Waals surface area contributed by atoms with Crippen LogP contribution in [-0.2, 0) is 4.74 Å². The van der Waals surface area contributed by atoms with E-state index in [0.29, 0.717) is 5.84 Å². The quantitative estimate of drug-likeness (QED) is 0.634. The molecule has 0 bridgehead atoms.